The molecule has 0 spiro atoms. The van der Waals surface area contributed by atoms with Crippen molar-refractivity contribution in [3.05, 3.63) is 63.6 Å². The second kappa shape index (κ2) is 8.65. The second-order valence-corrected chi connectivity index (χ2v) is 6.41. The van der Waals surface area contributed by atoms with Gasteiger partial charge in [0, 0.05) is 27.0 Å². The van der Waals surface area contributed by atoms with E-state index in [-0.39, 0.29) is 18.2 Å². The second-order valence-electron chi connectivity index (χ2n) is 5.54. The molecule has 2 aromatic rings. The first kappa shape index (κ1) is 19.0. The molecule has 0 radical (unpaired) electrons. The smallest absolute Gasteiger partial charge is 0.271 e. The fraction of sp³-hybridized carbons (Fsp3) is 0.167. The van der Waals surface area contributed by atoms with Gasteiger partial charge < -0.3 is 5.32 Å². The van der Waals surface area contributed by atoms with E-state index in [9.17, 15) is 9.59 Å². The van der Waals surface area contributed by atoms with Crippen molar-refractivity contribution < 1.29 is 9.59 Å². The van der Waals surface area contributed by atoms with Crippen LogP contribution in [0.2, 0.25) is 10.0 Å². The van der Waals surface area contributed by atoms with Crippen LogP contribution in [0.25, 0.3) is 0 Å². The van der Waals surface area contributed by atoms with Crippen LogP contribution in [0.5, 0.6) is 0 Å². The first-order valence-corrected chi connectivity index (χ1v) is 8.25. The standard InChI is InChI=1S/C18H17Cl2N3O2/c1-11-4-3-5-13(6-11)18(25)23-22-12(2)7-17(24)21-16-9-14(19)8-15(20)10-16/h3-6,8-10H,7H2,1-2H3,(H,21,24)(H,23,25). The molecule has 0 aromatic heterocycles. The van der Waals surface area contributed by atoms with Gasteiger partial charge in [0.1, 0.15) is 0 Å². The van der Waals surface area contributed by atoms with E-state index in [1.165, 1.54) is 0 Å². The summed E-state index contributed by atoms with van der Waals surface area (Å²) in [6.07, 6.45) is 0.0260. The van der Waals surface area contributed by atoms with E-state index in [1.54, 1.807) is 43.3 Å². The van der Waals surface area contributed by atoms with Gasteiger partial charge in [-0.25, -0.2) is 5.43 Å². The molecule has 2 aromatic carbocycles. The highest BCUT2D eigenvalue weighted by molar-refractivity contribution is 6.35. The van der Waals surface area contributed by atoms with Crippen molar-refractivity contribution in [2.45, 2.75) is 20.3 Å². The van der Waals surface area contributed by atoms with E-state index in [0.29, 0.717) is 27.0 Å². The number of aryl methyl sites for hydroxylation is 1. The lowest BCUT2D eigenvalue weighted by atomic mass is 10.1. The highest BCUT2D eigenvalue weighted by Gasteiger charge is 2.08. The number of hydrogen-bond donors (Lipinski definition) is 2. The third-order valence-electron chi connectivity index (χ3n) is 3.19. The molecule has 25 heavy (non-hydrogen) atoms. The summed E-state index contributed by atoms with van der Waals surface area (Å²) in [5.41, 5.74) is 4.89. The topological polar surface area (TPSA) is 70.6 Å². The van der Waals surface area contributed by atoms with Gasteiger partial charge in [-0.05, 0) is 44.2 Å². The number of carbonyl (C=O) groups is 2. The Morgan fingerprint density at radius 2 is 1.76 bits per heavy atom. The summed E-state index contributed by atoms with van der Waals surface area (Å²) in [6.45, 7) is 3.55. The molecule has 0 unspecified atom stereocenters. The maximum Gasteiger partial charge on any atom is 0.271 e. The lowest BCUT2D eigenvalue weighted by Crippen LogP contribution is -2.21. The molecule has 0 heterocycles. The number of anilines is 1. The van der Waals surface area contributed by atoms with Gasteiger partial charge in [-0.1, -0.05) is 40.9 Å². The van der Waals surface area contributed by atoms with Crippen molar-refractivity contribution in [1.29, 1.82) is 0 Å². The van der Waals surface area contributed by atoms with Crippen LogP contribution in [-0.2, 0) is 4.79 Å². The third kappa shape index (κ3) is 6.21. The highest BCUT2D eigenvalue weighted by Crippen LogP contribution is 2.22. The average molecular weight is 378 g/mol. The Balaban J connectivity index is 1.91. The minimum atomic E-state index is -0.329. The number of rotatable bonds is 5. The number of benzene rings is 2. The summed E-state index contributed by atoms with van der Waals surface area (Å²) in [5, 5.41) is 7.49. The molecular formula is C18H17Cl2N3O2. The zero-order valence-corrected chi connectivity index (χ0v) is 15.3. The lowest BCUT2D eigenvalue weighted by Gasteiger charge is -2.07. The minimum absolute atomic E-state index is 0.0260. The summed E-state index contributed by atoms with van der Waals surface area (Å²) in [6, 6.07) is 11.9. The van der Waals surface area contributed by atoms with Crippen molar-refractivity contribution in [1.82, 2.24) is 5.43 Å². The van der Waals surface area contributed by atoms with Crippen molar-refractivity contribution >= 4 is 46.4 Å². The van der Waals surface area contributed by atoms with E-state index in [4.69, 9.17) is 23.2 Å². The Kier molecular flexibility index (Phi) is 6.56. The molecule has 5 nitrogen and oxygen atoms in total. The van der Waals surface area contributed by atoms with E-state index in [0.717, 1.165) is 5.56 Å². The number of carbonyl (C=O) groups excluding carboxylic acids is 2. The quantitative estimate of drug-likeness (QED) is 0.597. The monoisotopic (exact) mass is 377 g/mol. The van der Waals surface area contributed by atoms with Crippen molar-refractivity contribution in [2.75, 3.05) is 5.32 Å². The van der Waals surface area contributed by atoms with Crippen LogP contribution in [0.1, 0.15) is 29.3 Å². The van der Waals surface area contributed by atoms with Gasteiger partial charge in [0.15, 0.2) is 0 Å². The molecule has 0 saturated heterocycles. The molecule has 2 N–H and O–H groups in total. The fourth-order valence-corrected chi connectivity index (χ4v) is 2.63. The van der Waals surface area contributed by atoms with Crippen LogP contribution in [0.4, 0.5) is 5.69 Å². The maximum atomic E-state index is 12.0. The zero-order chi connectivity index (χ0) is 18.4. The fourth-order valence-electron chi connectivity index (χ4n) is 2.10. The van der Waals surface area contributed by atoms with E-state index >= 15 is 0 Å². The molecule has 0 saturated carbocycles. The summed E-state index contributed by atoms with van der Waals surface area (Å²) in [7, 11) is 0. The van der Waals surface area contributed by atoms with Crippen LogP contribution in [0.3, 0.4) is 0 Å². The molecular weight excluding hydrogens is 361 g/mol. The molecule has 7 heteroatoms. The molecule has 2 rings (SSSR count). The number of hydrogen-bond acceptors (Lipinski definition) is 3. The highest BCUT2D eigenvalue weighted by atomic mass is 35.5. The number of halogens is 2. The number of hydrazone groups is 1. The first-order chi connectivity index (χ1) is 11.8. The Morgan fingerprint density at radius 1 is 1.08 bits per heavy atom. The average Bonchev–Trinajstić information content (AvgIpc) is 2.51. The van der Waals surface area contributed by atoms with Crippen LogP contribution in [0.15, 0.2) is 47.6 Å². The molecule has 2 amide bonds. The number of nitrogens with zero attached hydrogens (tertiary/aromatic N) is 1. The Hall–Kier alpha value is -2.37. The van der Waals surface area contributed by atoms with Crippen LogP contribution in [-0.4, -0.2) is 17.5 Å². The van der Waals surface area contributed by atoms with E-state index < -0.39 is 0 Å². The zero-order valence-electron chi connectivity index (χ0n) is 13.8. The van der Waals surface area contributed by atoms with E-state index in [2.05, 4.69) is 15.8 Å². The molecule has 0 fully saturated rings. The summed E-state index contributed by atoms with van der Waals surface area (Å²) in [5.74, 6) is -0.616. The summed E-state index contributed by atoms with van der Waals surface area (Å²) >= 11 is 11.8. The molecule has 0 atom stereocenters. The van der Waals surface area contributed by atoms with Gasteiger partial charge in [0.2, 0.25) is 5.91 Å². The van der Waals surface area contributed by atoms with Crippen molar-refractivity contribution in [2.24, 2.45) is 5.10 Å². The van der Waals surface area contributed by atoms with Gasteiger partial charge in [-0.2, -0.15) is 5.10 Å². The number of amides is 2. The Bertz CT molecular complexity index is 815. The SMILES string of the molecule is CC(CC(=O)Nc1cc(Cl)cc(Cl)c1)=NNC(=O)c1cccc(C)c1. The Morgan fingerprint density at radius 3 is 2.40 bits per heavy atom. The van der Waals surface area contributed by atoms with E-state index in [1.807, 2.05) is 13.0 Å². The largest absolute Gasteiger partial charge is 0.326 e. The predicted molar refractivity (Wildman–Crippen MR) is 101 cm³/mol. The molecule has 130 valence electrons. The van der Waals surface area contributed by atoms with Gasteiger partial charge in [-0.3, -0.25) is 9.59 Å². The molecule has 0 aliphatic carbocycles. The lowest BCUT2D eigenvalue weighted by molar-refractivity contribution is -0.115. The maximum absolute atomic E-state index is 12.0. The van der Waals surface area contributed by atoms with Gasteiger partial charge in [-0.15, -0.1) is 0 Å². The third-order valence-corrected chi connectivity index (χ3v) is 3.63. The van der Waals surface area contributed by atoms with Gasteiger partial charge >= 0.3 is 0 Å². The molecule has 0 aliphatic heterocycles. The van der Waals surface area contributed by atoms with Crippen LogP contribution < -0.4 is 10.7 Å². The van der Waals surface area contributed by atoms with Crippen LogP contribution >= 0.6 is 23.2 Å². The molecule has 0 bridgehead atoms. The Labute approximate surface area is 156 Å². The minimum Gasteiger partial charge on any atom is -0.326 e. The van der Waals surface area contributed by atoms with Crippen molar-refractivity contribution in [3.8, 4) is 0 Å². The number of nitrogens with one attached hydrogen (secondary N) is 2. The molecule has 0 aliphatic rings. The van der Waals surface area contributed by atoms with Crippen LogP contribution in [0, 0.1) is 6.92 Å². The van der Waals surface area contributed by atoms with Gasteiger partial charge in [0.25, 0.3) is 5.91 Å². The summed E-state index contributed by atoms with van der Waals surface area (Å²) in [4.78, 5) is 24.0. The summed E-state index contributed by atoms with van der Waals surface area (Å²) < 4.78 is 0. The first-order valence-electron chi connectivity index (χ1n) is 7.49. The van der Waals surface area contributed by atoms with Gasteiger partial charge in [0.05, 0.1) is 6.42 Å². The van der Waals surface area contributed by atoms with Crippen molar-refractivity contribution in [3.63, 3.8) is 0 Å². The normalized spacial score (nSPS) is 11.1. The predicted octanol–water partition coefficient (Wildman–Crippen LogP) is 4.44.